The Hall–Kier alpha value is -2.07. The first-order valence-electron chi connectivity index (χ1n) is 6.47. The molecular weight excluding hydrogens is 257 g/mol. The monoisotopic (exact) mass is 275 g/mol. The topological polar surface area (TPSA) is 44.5 Å². The molecule has 0 fully saturated rings. The molecule has 2 aromatic rings. The highest BCUT2D eigenvalue weighted by Gasteiger charge is 2.06. The maximum Gasteiger partial charge on any atom is 0.165 e. The van der Waals surface area contributed by atoms with Crippen LogP contribution in [0.15, 0.2) is 42.5 Å². The summed E-state index contributed by atoms with van der Waals surface area (Å²) in [4.78, 5) is 0. The maximum absolute atomic E-state index is 13.6. The zero-order valence-electron chi connectivity index (χ0n) is 11.4. The van der Waals surface area contributed by atoms with Gasteiger partial charge in [0.05, 0.1) is 7.11 Å². The molecule has 0 unspecified atom stereocenters. The number of methoxy groups -OCH3 is 1. The van der Waals surface area contributed by atoms with E-state index in [0.29, 0.717) is 13.2 Å². The van der Waals surface area contributed by atoms with Gasteiger partial charge in [-0.3, -0.25) is 0 Å². The maximum atomic E-state index is 13.6. The van der Waals surface area contributed by atoms with Gasteiger partial charge in [-0.1, -0.05) is 24.3 Å². The third-order valence-electron chi connectivity index (χ3n) is 3.00. The Bertz CT molecular complexity index is 572. The molecule has 0 radical (unpaired) electrons. The van der Waals surface area contributed by atoms with E-state index in [9.17, 15) is 4.39 Å². The predicted molar refractivity (Wildman–Crippen MR) is 76.5 cm³/mol. The van der Waals surface area contributed by atoms with Gasteiger partial charge in [0.2, 0.25) is 0 Å². The lowest BCUT2D eigenvalue weighted by molar-refractivity contribution is 0.301. The van der Waals surface area contributed by atoms with Gasteiger partial charge in [0.1, 0.15) is 12.4 Å². The molecule has 2 N–H and O–H groups in total. The fourth-order valence-corrected chi connectivity index (χ4v) is 1.97. The van der Waals surface area contributed by atoms with Crippen LogP contribution in [0.1, 0.15) is 11.1 Å². The van der Waals surface area contributed by atoms with Gasteiger partial charge in [-0.05, 0) is 42.3 Å². The zero-order chi connectivity index (χ0) is 14.4. The smallest absolute Gasteiger partial charge is 0.165 e. The van der Waals surface area contributed by atoms with E-state index >= 15 is 0 Å². The Kier molecular flexibility index (Phi) is 4.96. The summed E-state index contributed by atoms with van der Waals surface area (Å²) in [5.41, 5.74) is 7.38. The molecule has 0 amide bonds. The lowest BCUT2D eigenvalue weighted by Gasteiger charge is -2.11. The summed E-state index contributed by atoms with van der Waals surface area (Å²) in [6.45, 7) is 0.875. The molecule has 0 saturated carbocycles. The highest BCUT2D eigenvalue weighted by atomic mass is 19.1. The number of hydrogen-bond donors (Lipinski definition) is 1. The van der Waals surface area contributed by atoms with E-state index in [1.165, 1.54) is 13.2 Å². The second kappa shape index (κ2) is 6.91. The van der Waals surface area contributed by atoms with Gasteiger partial charge in [0, 0.05) is 0 Å². The highest BCUT2D eigenvalue weighted by molar-refractivity contribution is 5.34. The van der Waals surface area contributed by atoms with Gasteiger partial charge in [0.15, 0.2) is 11.6 Å². The van der Waals surface area contributed by atoms with E-state index in [4.69, 9.17) is 15.2 Å². The molecule has 0 heterocycles. The summed E-state index contributed by atoms with van der Waals surface area (Å²) in [6, 6.07) is 12.5. The molecule has 3 nitrogen and oxygen atoms in total. The number of para-hydroxylation sites is 1. The van der Waals surface area contributed by atoms with Crippen molar-refractivity contribution in [3.05, 3.63) is 59.4 Å². The predicted octanol–water partition coefficient (Wildman–Crippen LogP) is 2.91. The van der Waals surface area contributed by atoms with Crippen molar-refractivity contribution < 1.29 is 13.9 Å². The molecule has 0 aliphatic heterocycles. The van der Waals surface area contributed by atoms with Crippen LogP contribution in [0.2, 0.25) is 0 Å². The molecule has 0 saturated heterocycles. The summed E-state index contributed by atoms with van der Waals surface area (Å²) < 4.78 is 24.2. The molecule has 106 valence electrons. The van der Waals surface area contributed by atoms with Crippen molar-refractivity contribution in [2.24, 2.45) is 5.73 Å². The molecule has 2 rings (SSSR count). The average molecular weight is 275 g/mol. The highest BCUT2D eigenvalue weighted by Crippen LogP contribution is 2.22. The number of ether oxygens (including phenoxy) is 2. The van der Waals surface area contributed by atoms with Gasteiger partial charge in [-0.2, -0.15) is 0 Å². The first-order chi connectivity index (χ1) is 9.74. The molecule has 0 spiro atoms. The van der Waals surface area contributed by atoms with Gasteiger partial charge in [0.25, 0.3) is 0 Å². The van der Waals surface area contributed by atoms with Crippen molar-refractivity contribution in [2.75, 3.05) is 13.7 Å². The second-order valence-corrected chi connectivity index (χ2v) is 4.40. The fourth-order valence-electron chi connectivity index (χ4n) is 1.97. The molecule has 0 atom stereocenters. The Morgan fingerprint density at radius 1 is 1.10 bits per heavy atom. The summed E-state index contributed by atoms with van der Waals surface area (Å²) in [5, 5.41) is 0. The molecule has 4 heteroatoms. The van der Waals surface area contributed by atoms with Crippen molar-refractivity contribution in [3.8, 4) is 11.5 Å². The lowest BCUT2D eigenvalue weighted by Crippen LogP contribution is -2.05. The summed E-state index contributed by atoms with van der Waals surface area (Å²) >= 11 is 0. The van der Waals surface area contributed by atoms with Crippen molar-refractivity contribution in [3.63, 3.8) is 0 Å². The van der Waals surface area contributed by atoms with Crippen LogP contribution in [0.4, 0.5) is 4.39 Å². The van der Waals surface area contributed by atoms with E-state index in [2.05, 4.69) is 0 Å². The SMILES string of the molecule is COc1ccc(COc2ccccc2CCN)cc1F. The van der Waals surface area contributed by atoms with Crippen LogP contribution < -0.4 is 15.2 Å². The molecule has 20 heavy (non-hydrogen) atoms. The van der Waals surface area contributed by atoms with Gasteiger partial charge in [-0.15, -0.1) is 0 Å². The molecule has 2 aromatic carbocycles. The Morgan fingerprint density at radius 3 is 2.60 bits per heavy atom. The normalized spacial score (nSPS) is 10.3. The molecule has 0 aromatic heterocycles. The number of rotatable bonds is 6. The van der Waals surface area contributed by atoms with Gasteiger partial charge in [-0.25, -0.2) is 4.39 Å². The Balaban J connectivity index is 2.07. The third kappa shape index (κ3) is 3.48. The summed E-state index contributed by atoms with van der Waals surface area (Å²) in [5.74, 6) is 0.635. The van der Waals surface area contributed by atoms with Gasteiger partial charge >= 0.3 is 0 Å². The standard InChI is InChI=1S/C16H18FNO2/c1-19-16-7-6-12(10-14(16)17)11-20-15-5-3-2-4-13(15)8-9-18/h2-7,10H,8-9,11,18H2,1H3. The first-order valence-corrected chi connectivity index (χ1v) is 6.47. The minimum absolute atomic E-state index is 0.234. The van der Waals surface area contributed by atoms with E-state index < -0.39 is 0 Å². The molecular formula is C16H18FNO2. The van der Waals surface area contributed by atoms with E-state index in [1.54, 1.807) is 12.1 Å². The number of benzene rings is 2. The molecule has 0 aliphatic carbocycles. The minimum Gasteiger partial charge on any atom is -0.494 e. The van der Waals surface area contributed by atoms with Crippen LogP contribution in [-0.2, 0) is 13.0 Å². The lowest BCUT2D eigenvalue weighted by atomic mass is 10.1. The Labute approximate surface area is 118 Å². The second-order valence-electron chi connectivity index (χ2n) is 4.40. The van der Waals surface area contributed by atoms with E-state index in [1.807, 2.05) is 24.3 Å². The van der Waals surface area contributed by atoms with Crippen molar-refractivity contribution in [1.82, 2.24) is 0 Å². The first kappa shape index (κ1) is 14.3. The van der Waals surface area contributed by atoms with Crippen LogP contribution in [0.5, 0.6) is 11.5 Å². The van der Waals surface area contributed by atoms with Crippen molar-refractivity contribution in [2.45, 2.75) is 13.0 Å². The molecule has 0 bridgehead atoms. The van der Waals surface area contributed by atoms with Crippen LogP contribution in [0, 0.1) is 5.82 Å². The van der Waals surface area contributed by atoms with Crippen molar-refractivity contribution >= 4 is 0 Å². The van der Waals surface area contributed by atoms with Crippen LogP contribution in [-0.4, -0.2) is 13.7 Å². The van der Waals surface area contributed by atoms with Crippen LogP contribution >= 0.6 is 0 Å². The van der Waals surface area contributed by atoms with Crippen molar-refractivity contribution in [1.29, 1.82) is 0 Å². The van der Waals surface area contributed by atoms with Gasteiger partial charge < -0.3 is 15.2 Å². The summed E-state index contributed by atoms with van der Waals surface area (Å²) in [7, 11) is 1.44. The molecule has 0 aliphatic rings. The third-order valence-corrected chi connectivity index (χ3v) is 3.00. The summed E-state index contributed by atoms with van der Waals surface area (Å²) in [6.07, 6.45) is 0.757. The largest absolute Gasteiger partial charge is 0.494 e. The quantitative estimate of drug-likeness (QED) is 0.881. The minimum atomic E-state index is -0.385. The van der Waals surface area contributed by atoms with E-state index in [0.717, 1.165) is 23.3 Å². The van der Waals surface area contributed by atoms with E-state index in [-0.39, 0.29) is 11.6 Å². The number of hydrogen-bond acceptors (Lipinski definition) is 3. The average Bonchev–Trinajstić information content (AvgIpc) is 2.47. The number of nitrogens with two attached hydrogens (primary N) is 1. The van der Waals surface area contributed by atoms with Crippen LogP contribution in [0.25, 0.3) is 0 Å². The van der Waals surface area contributed by atoms with Crippen LogP contribution in [0.3, 0.4) is 0 Å². The number of halogens is 1. The Morgan fingerprint density at radius 2 is 1.90 bits per heavy atom. The zero-order valence-corrected chi connectivity index (χ0v) is 11.4. The fraction of sp³-hybridized carbons (Fsp3) is 0.250.